The third-order valence-corrected chi connectivity index (χ3v) is 4.39. The maximum atomic E-state index is 12.3. The molecule has 112 valence electrons. The van der Waals surface area contributed by atoms with Crippen molar-refractivity contribution >= 4 is 16.0 Å². The molecule has 2 N–H and O–H groups in total. The van der Waals surface area contributed by atoms with Crippen LogP contribution in [0.4, 0.5) is 0 Å². The van der Waals surface area contributed by atoms with Crippen LogP contribution >= 0.6 is 0 Å². The lowest BCUT2D eigenvalue weighted by Crippen LogP contribution is -2.27. The van der Waals surface area contributed by atoms with Crippen molar-refractivity contribution in [2.45, 2.75) is 18.5 Å². The lowest BCUT2D eigenvalue weighted by atomic mass is 10.3. The number of aromatic nitrogens is 4. The lowest BCUT2D eigenvalue weighted by Gasteiger charge is -2.14. The minimum absolute atomic E-state index is 0.0188. The van der Waals surface area contributed by atoms with Gasteiger partial charge in [-0.3, -0.25) is 5.10 Å². The molecule has 2 heterocycles. The van der Waals surface area contributed by atoms with Gasteiger partial charge in [0.15, 0.2) is 10.9 Å². The molecule has 2 aromatic rings. The fourth-order valence-electron chi connectivity index (χ4n) is 1.56. The lowest BCUT2D eigenvalue weighted by molar-refractivity contribution is 0.0696. The van der Waals surface area contributed by atoms with Gasteiger partial charge < -0.3 is 5.11 Å². The van der Waals surface area contributed by atoms with Gasteiger partial charge in [-0.05, 0) is 19.1 Å². The summed E-state index contributed by atoms with van der Waals surface area (Å²) < 4.78 is 25.6. The van der Waals surface area contributed by atoms with E-state index in [0.717, 1.165) is 16.6 Å². The van der Waals surface area contributed by atoms with E-state index >= 15 is 0 Å². The number of sulfonamides is 1. The molecule has 0 fully saturated rings. The fourth-order valence-corrected chi connectivity index (χ4v) is 2.59. The highest BCUT2D eigenvalue weighted by Crippen LogP contribution is 2.14. The number of pyridine rings is 1. The summed E-state index contributed by atoms with van der Waals surface area (Å²) >= 11 is 0. The topological polar surface area (TPSA) is 129 Å². The summed E-state index contributed by atoms with van der Waals surface area (Å²) in [6, 6.07) is 2.34. The monoisotopic (exact) mass is 311 g/mol. The molecular weight excluding hydrogens is 298 g/mol. The highest BCUT2D eigenvalue weighted by atomic mass is 32.2. The molecule has 0 bridgehead atoms. The average molecular weight is 311 g/mol. The number of nitrogens with one attached hydrogen (secondary N) is 1. The molecule has 0 aliphatic rings. The van der Waals surface area contributed by atoms with Gasteiger partial charge in [0, 0.05) is 13.2 Å². The van der Waals surface area contributed by atoms with Gasteiger partial charge in [-0.2, -0.15) is 9.40 Å². The summed E-state index contributed by atoms with van der Waals surface area (Å²) in [5, 5.41) is 15.0. The molecule has 0 aliphatic heterocycles. The SMILES string of the molecule is Cc1nc(CN(C)S(=O)(=O)c2ccc(C(=O)O)cn2)n[nH]1. The van der Waals surface area contributed by atoms with E-state index in [4.69, 9.17) is 5.11 Å². The second-order valence-electron chi connectivity index (χ2n) is 4.29. The van der Waals surface area contributed by atoms with Crippen molar-refractivity contribution in [3.63, 3.8) is 0 Å². The first-order valence-electron chi connectivity index (χ1n) is 5.84. The first kappa shape index (κ1) is 15.1. The number of carboxylic acid groups (broad SMARTS) is 1. The maximum Gasteiger partial charge on any atom is 0.337 e. The zero-order chi connectivity index (χ0) is 15.6. The molecule has 0 aliphatic carbocycles. The van der Waals surface area contributed by atoms with Crippen molar-refractivity contribution in [1.82, 2.24) is 24.5 Å². The summed E-state index contributed by atoms with van der Waals surface area (Å²) in [5.74, 6) is -0.253. The largest absolute Gasteiger partial charge is 0.478 e. The molecule has 2 aromatic heterocycles. The molecule has 0 saturated carbocycles. The predicted octanol–water partition coefficient (Wildman–Crippen LogP) is 0.0270. The van der Waals surface area contributed by atoms with Gasteiger partial charge in [0.05, 0.1) is 12.1 Å². The number of nitrogens with zero attached hydrogens (tertiary/aromatic N) is 4. The second kappa shape index (κ2) is 5.58. The molecule has 9 nitrogen and oxygen atoms in total. The van der Waals surface area contributed by atoms with Crippen molar-refractivity contribution in [3.05, 3.63) is 35.5 Å². The van der Waals surface area contributed by atoms with Gasteiger partial charge in [-0.25, -0.2) is 23.2 Å². The molecule has 21 heavy (non-hydrogen) atoms. The Hall–Kier alpha value is -2.33. The van der Waals surface area contributed by atoms with E-state index in [-0.39, 0.29) is 17.1 Å². The molecule has 0 spiro atoms. The predicted molar refractivity (Wildman–Crippen MR) is 71.0 cm³/mol. The second-order valence-corrected chi connectivity index (χ2v) is 6.28. The van der Waals surface area contributed by atoms with Crippen LogP contribution in [0.15, 0.2) is 23.4 Å². The fraction of sp³-hybridized carbons (Fsp3) is 0.273. The van der Waals surface area contributed by atoms with Gasteiger partial charge in [0.25, 0.3) is 10.0 Å². The minimum atomic E-state index is -3.83. The van der Waals surface area contributed by atoms with Gasteiger partial charge in [-0.1, -0.05) is 0 Å². The van der Waals surface area contributed by atoms with Gasteiger partial charge in [0.1, 0.15) is 5.82 Å². The third kappa shape index (κ3) is 3.23. The highest BCUT2D eigenvalue weighted by molar-refractivity contribution is 7.89. The van der Waals surface area contributed by atoms with Crippen LogP contribution in [0.5, 0.6) is 0 Å². The van der Waals surface area contributed by atoms with Crippen LogP contribution in [-0.4, -0.2) is 51.0 Å². The van der Waals surface area contributed by atoms with E-state index in [9.17, 15) is 13.2 Å². The van der Waals surface area contributed by atoms with Crippen LogP contribution in [0.1, 0.15) is 22.0 Å². The number of aromatic carboxylic acids is 1. The molecule has 2 rings (SSSR count). The minimum Gasteiger partial charge on any atom is -0.478 e. The first-order chi connectivity index (χ1) is 9.80. The summed E-state index contributed by atoms with van der Waals surface area (Å²) in [6.07, 6.45) is 1.000. The summed E-state index contributed by atoms with van der Waals surface area (Å²) in [5.41, 5.74) is -0.0822. The van der Waals surface area contributed by atoms with Gasteiger partial charge in [-0.15, -0.1) is 0 Å². The molecule has 0 atom stereocenters. The standard InChI is InChI=1S/C11H13N5O4S/c1-7-13-9(15-14-7)6-16(2)21(19,20)10-4-3-8(5-12-10)11(17)18/h3-5H,6H2,1-2H3,(H,17,18)(H,13,14,15). The van der Waals surface area contributed by atoms with Crippen LogP contribution in [0.25, 0.3) is 0 Å². The zero-order valence-corrected chi connectivity index (χ0v) is 12.1. The number of aryl methyl sites for hydroxylation is 1. The number of rotatable bonds is 5. The molecule has 0 aromatic carbocycles. The Bertz CT molecular complexity index is 753. The average Bonchev–Trinajstić information content (AvgIpc) is 2.84. The number of carbonyl (C=O) groups is 1. The van der Waals surface area contributed by atoms with Crippen LogP contribution in [0, 0.1) is 6.92 Å². The van der Waals surface area contributed by atoms with Crippen molar-refractivity contribution in [3.8, 4) is 0 Å². The maximum absolute atomic E-state index is 12.3. The Balaban J connectivity index is 2.22. The number of hydrogen-bond acceptors (Lipinski definition) is 6. The number of H-pyrrole nitrogens is 1. The third-order valence-electron chi connectivity index (χ3n) is 2.67. The van der Waals surface area contributed by atoms with Gasteiger partial charge in [0.2, 0.25) is 0 Å². The van der Waals surface area contributed by atoms with Crippen molar-refractivity contribution < 1.29 is 18.3 Å². The molecule has 0 unspecified atom stereocenters. The van der Waals surface area contributed by atoms with Crippen LogP contribution < -0.4 is 0 Å². The molecule has 10 heteroatoms. The van der Waals surface area contributed by atoms with Crippen LogP contribution in [0.3, 0.4) is 0 Å². The first-order valence-corrected chi connectivity index (χ1v) is 7.28. The van der Waals surface area contributed by atoms with E-state index in [1.54, 1.807) is 6.92 Å². The molecule has 0 amide bonds. The number of carboxylic acids is 1. The van der Waals surface area contributed by atoms with Crippen molar-refractivity contribution in [2.24, 2.45) is 0 Å². The van der Waals surface area contributed by atoms with E-state index < -0.39 is 16.0 Å². The number of hydrogen-bond donors (Lipinski definition) is 2. The van der Waals surface area contributed by atoms with E-state index in [2.05, 4.69) is 20.2 Å². The van der Waals surface area contributed by atoms with Crippen molar-refractivity contribution in [2.75, 3.05) is 7.05 Å². The quantitative estimate of drug-likeness (QED) is 0.796. The molecule has 0 saturated heterocycles. The Kier molecular flexibility index (Phi) is 4.00. The molecular formula is C11H13N5O4S. The normalized spacial score (nSPS) is 11.8. The summed E-state index contributed by atoms with van der Waals surface area (Å²) in [4.78, 5) is 18.4. The van der Waals surface area contributed by atoms with Crippen LogP contribution in [0.2, 0.25) is 0 Å². The Morgan fingerprint density at radius 2 is 2.14 bits per heavy atom. The highest BCUT2D eigenvalue weighted by Gasteiger charge is 2.23. The summed E-state index contributed by atoms with van der Waals surface area (Å²) in [6.45, 7) is 1.69. The Labute approximate surface area is 120 Å². The Morgan fingerprint density at radius 1 is 1.43 bits per heavy atom. The Morgan fingerprint density at radius 3 is 2.62 bits per heavy atom. The van der Waals surface area contributed by atoms with Crippen molar-refractivity contribution in [1.29, 1.82) is 0 Å². The smallest absolute Gasteiger partial charge is 0.337 e. The molecule has 0 radical (unpaired) electrons. The summed E-state index contributed by atoms with van der Waals surface area (Å²) in [7, 11) is -2.47. The van der Waals surface area contributed by atoms with Gasteiger partial charge >= 0.3 is 5.97 Å². The van der Waals surface area contributed by atoms with Crippen LogP contribution in [-0.2, 0) is 16.6 Å². The van der Waals surface area contributed by atoms with E-state index in [1.807, 2.05) is 0 Å². The van der Waals surface area contributed by atoms with E-state index in [0.29, 0.717) is 11.6 Å². The van der Waals surface area contributed by atoms with E-state index in [1.165, 1.54) is 13.1 Å². The zero-order valence-electron chi connectivity index (χ0n) is 11.3. The number of aromatic amines is 1.